The molecule has 2 unspecified atom stereocenters. The van der Waals surface area contributed by atoms with E-state index >= 15 is 0 Å². The van der Waals surface area contributed by atoms with Gasteiger partial charge in [-0.2, -0.15) is 0 Å². The molecule has 2 atom stereocenters. The molecule has 0 saturated heterocycles. The maximum absolute atomic E-state index is 14.6. The molecule has 0 aromatic heterocycles. The maximum atomic E-state index is 14.6. The van der Waals surface area contributed by atoms with Crippen molar-refractivity contribution in [2.45, 2.75) is 38.5 Å². The third-order valence-corrected chi connectivity index (χ3v) is 6.41. The lowest BCUT2D eigenvalue weighted by Gasteiger charge is -2.26. The highest BCUT2D eigenvalue weighted by atomic mass is 16.5. The van der Waals surface area contributed by atoms with E-state index in [0.29, 0.717) is 35.8 Å². The Morgan fingerprint density at radius 3 is 1.37 bits per heavy atom. The maximum Gasteiger partial charge on any atom is 0.156 e. The number of phenolic OH excluding ortho intramolecular Hbond substituents is 2. The fraction of sp³-hybridized carbons (Fsp3) is 0.242. The summed E-state index contributed by atoms with van der Waals surface area (Å²) in [5.74, 6) is -0.661. The van der Waals surface area contributed by atoms with Crippen molar-refractivity contribution >= 4 is 5.78 Å². The van der Waals surface area contributed by atoms with Gasteiger partial charge in [-0.1, -0.05) is 86.6 Å². The molecule has 2 N–H and O–H groups in total. The van der Waals surface area contributed by atoms with Crippen LogP contribution in [0, 0.1) is 0 Å². The molecular weight excluding hydrogens is 476 g/mol. The summed E-state index contributed by atoms with van der Waals surface area (Å²) in [5.41, 5.74) is 2.46. The minimum Gasteiger partial charge on any atom is -0.507 e. The minimum atomic E-state index is -0.781. The van der Waals surface area contributed by atoms with Gasteiger partial charge in [-0.05, 0) is 36.1 Å². The first-order chi connectivity index (χ1) is 18.5. The van der Waals surface area contributed by atoms with E-state index in [-0.39, 0.29) is 17.3 Å². The number of rotatable bonds is 12. The summed E-state index contributed by atoms with van der Waals surface area (Å²) in [6, 6.07) is 29.0. The number of carbonyl (C=O) groups excluding carboxylic acids is 1. The van der Waals surface area contributed by atoms with Crippen molar-refractivity contribution in [3.63, 3.8) is 0 Å². The molecule has 0 aliphatic heterocycles. The lowest BCUT2D eigenvalue weighted by molar-refractivity contribution is -0.120. The average Bonchev–Trinajstić information content (AvgIpc) is 2.94. The molecule has 0 spiro atoms. The molecule has 0 aliphatic rings. The molecule has 196 valence electrons. The van der Waals surface area contributed by atoms with Crippen molar-refractivity contribution in [1.82, 2.24) is 0 Å². The topological polar surface area (TPSA) is 76.0 Å². The van der Waals surface area contributed by atoms with Gasteiger partial charge in [0, 0.05) is 23.3 Å². The van der Waals surface area contributed by atoms with E-state index in [1.807, 2.05) is 74.5 Å². The lowest BCUT2D eigenvalue weighted by Crippen LogP contribution is -2.23. The first-order valence-electron chi connectivity index (χ1n) is 13.1. The minimum absolute atomic E-state index is 0.0137. The highest BCUT2D eigenvalue weighted by Gasteiger charge is 2.34. The summed E-state index contributed by atoms with van der Waals surface area (Å²) in [7, 11) is 0. The highest BCUT2D eigenvalue weighted by molar-refractivity contribution is 5.98. The monoisotopic (exact) mass is 510 g/mol. The van der Waals surface area contributed by atoms with Crippen LogP contribution in [0.3, 0.4) is 0 Å². The Kier molecular flexibility index (Phi) is 9.04. The number of hydrogen-bond donors (Lipinski definition) is 2. The van der Waals surface area contributed by atoms with Crippen molar-refractivity contribution in [3.05, 3.63) is 119 Å². The number of Topliss-reactive ketones (excluding diaryl/α,β-unsaturated/α-hetero) is 1. The van der Waals surface area contributed by atoms with Gasteiger partial charge in [0.15, 0.2) is 5.78 Å². The van der Waals surface area contributed by atoms with Crippen LogP contribution in [0.4, 0.5) is 0 Å². The van der Waals surface area contributed by atoms with Crippen molar-refractivity contribution in [2.24, 2.45) is 0 Å². The molecule has 38 heavy (non-hydrogen) atoms. The van der Waals surface area contributed by atoms with Gasteiger partial charge in [-0.25, -0.2) is 0 Å². The van der Waals surface area contributed by atoms with Gasteiger partial charge in [0.25, 0.3) is 0 Å². The molecule has 4 aromatic rings. The highest BCUT2D eigenvalue weighted by Crippen LogP contribution is 2.42. The van der Waals surface area contributed by atoms with Crippen LogP contribution in [-0.2, 0) is 4.79 Å². The molecule has 0 bridgehead atoms. The largest absolute Gasteiger partial charge is 0.507 e. The molecule has 0 fully saturated rings. The van der Waals surface area contributed by atoms with Crippen LogP contribution in [0.5, 0.6) is 23.0 Å². The number of ether oxygens (including phenoxy) is 2. The van der Waals surface area contributed by atoms with E-state index in [9.17, 15) is 15.0 Å². The fourth-order valence-corrected chi connectivity index (χ4v) is 4.61. The number of carbonyl (C=O) groups is 1. The number of aromatic hydroxyl groups is 2. The van der Waals surface area contributed by atoms with E-state index in [1.54, 1.807) is 36.4 Å². The second kappa shape index (κ2) is 12.8. The second-order valence-electron chi connectivity index (χ2n) is 9.23. The van der Waals surface area contributed by atoms with Crippen molar-refractivity contribution in [3.8, 4) is 23.0 Å². The molecule has 4 aromatic carbocycles. The van der Waals surface area contributed by atoms with Gasteiger partial charge in [0.2, 0.25) is 0 Å². The van der Waals surface area contributed by atoms with Crippen LogP contribution in [0.15, 0.2) is 97.1 Å². The van der Waals surface area contributed by atoms with Gasteiger partial charge >= 0.3 is 0 Å². The number of hydrogen-bond acceptors (Lipinski definition) is 5. The Hall–Kier alpha value is -4.25. The molecule has 4 rings (SSSR count). The molecule has 0 heterocycles. The van der Waals surface area contributed by atoms with E-state index in [4.69, 9.17) is 9.47 Å². The van der Waals surface area contributed by atoms with Crippen LogP contribution in [0.1, 0.15) is 60.8 Å². The van der Waals surface area contributed by atoms with Gasteiger partial charge in [0.05, 0.1) is 25.0 Å². The molecule has 0 radical (unpaired) electrons. The van der Waals surface area contributed by atoms with Gasteiger partial charge < -0.3 is 19.7 Å². The molecular formula is C33H34O5. The van der Waals surface area contributed by atoms with Crippen molar-refractivity contribution < 1.29 is 24.5 Å². The van der Waals surface area contributed by atoms with Gasteiger partial charge in [0.1, 0.15) is 23.0 Å². The zero-order valence-electron chi connectivity index (χ0n) is 21.8. The third kappa shape index (κ3) is 6.17. The Labute approximate surface area is 224 Å². The number of phenols is 2. The quantitative estimate of drug-likeness (QED) is 0.211. The van der Waals surface area contributed by atoms with E-state index < -0.39 is 11.8 Å². The van der Waals surface area contributed by atoms with Crippen LogP contribution in [0.2, 0.25) is 0 Å². The fourth-order valence-electron chi connectivity index (χ4n) is 4.61. The SMILES string of the molecule is CCCOc1ccc(C(C(=O)C(c2ccccc2)c2ccc(OCCC)cc2O)c2ccccc2)c(O)c1. The molecule has 5 heteroatoms. The third-order valence-electron chi connectivity index (χ3n) is 6.41. The van der Waals surface area contributed by atoms with Crippen LogP contribution in [0.25, 0.3) is 0 Å². The molecule has 0 aliphatic carbocycles. The first kappa shape index (κ1) is 26.8. The molecule has 0 saturated carbocycles. The van der Waals surface area contributed by atoms with Crippen LogP contribution in [-0.4, -0.2) is 29.2 Å². The van der Waals surface area contributed by atoms with E-state index in [0.717, 1.165) is 24.0 Å². The predicted molar refractivity (Wildman–Crippen MR) is 149 cm³/mol. The Morgan fingerprint density at radius 2 is 1.03 bits per heavy atom. The summed E-state index contributed by atoms with van der Waals surface area (Å²) in [4.78, 5) is 14.6. The number of benzene rings is 4. The zero-order valence-corrected chi connectivity index (χ0v) is 21.8. The second-order valence-corrected chi connectivity index (χ2v) is 9.23. The summed E-state index contributed by atoms with van der Waals surface area (Å²) >= 11 is 0. The predicted octanol–water partition coefficient (Wildman–Crippen LogP) is 7.21. The summed E-state index contributed by atoms with van der Waals surface area (Å²) in [6.07, 6.45) is 1.69. The summed E-state index contributed by atoms with van der Waals surface area (Å²) in [6.45, 7) is 5.10. The summed E-state index contributed by atoms with van der Waals surface area (Å²) in [5, 5.41) is 22.1. The van der Waals surface area contributed by atoms with Gasteiger partial charge in [-0.15, -0.1) is 0 Å². The van der Waals surface area contributed by atoms with Crippen LogP contribution < -0.4 is 9.47 Å². The average molecular weight is 511 g/mol. The molecule has 5 nitrogen and oxygen atoms in total. The normalized spacial score (nSPS) is 12.5. The van der Waals surface area contributed by atoms with E-state index in [2.05, 4.69) is 0 Å². The van der Waals surface area contributed by atoms with Crippen molar-refractivity contribution in [1.29, 1.82) is 0 Å². The number of ketones is 1. The Bertz CT molecular complexity index is 1230. The van der Waals surface area contributed by atoms with Crippen LogP contribution >= 0.6 is 0 Å². The Balaban J connectivity index is 1.83. The van der Waals surface area contributed by atoms with Crippen molar-refractivity contribution in [2.75, 3.05) is 13.2 Å². The molecule has 0 amide bonds. The van der Waals surface area contributed by atoms with E-state index in [1.165, 1.54) is 0 Å². The lowest BCUT2D eigenvalue weighted by atomic mass is 9.76. The first-order valence-corrected chi connectivity index (χ1v) is 13.1. The standard InChI is InChI=1S/C33H34O5/c1-3-19-37-25-15-17-27(29(34)21-25)31(23-11-7-5-8-12-23)33(36)32(24-13-9-6-10-14-24)28-18-16-26(22-30(28)35)38-20-4-2/h5-18,21-22,31-32,34-35H,3-4,19-20H2,1-2H3. The Morgan fingerprint density at radius 1 is 0.632 bits per heavy atom. The van der Waals surface area contributed by atoms with Gasteiger partial charge in [-0.3, -0.25) is 4.79 Å². The smallest absolute Gasteiger partial charge is 0.156 e. The summed E-state index contributed by atoms with van der Waals surface area (Å²) < 4.78 is 11.4. The zero-order chi connectivity index (χ0) is 26.9.